The molecule has 1 aromatic heterocycles. The fourth-order valence-corrected chi connectivity index (χ4v) is 1.69. The van der Waals surface area contributed by atoms with Crippen LogP contribution in [0.4, 0.5) is 11.4 Å². The van der Waals surface area contributed by atoms with E-state index in [4.69, 9.17) is 5.73 Å². The van der Waals surface area contributed by atoms with Crippen molar-refractivity contribution in [2.75, 3.05) is 11.1 Å². The van der Waals surface area contributed by atoms with Crippen LogP contribution >= 0.6 is 15.9 Å². The summed E-state index contributed by atoms with van der Waals surface area (Å²) in [7, 11) is 0. The summed E-state index contributed by atoms with van der Waals surface area (Å²) in [6, 6.07) is 5.60. The van der Waals surface area contributed by atoms with Crippen LogP contribution in [0.25, 0.3) is 0 Å². The van der Waals surface area contributed by atoms with Gasteiger partial charge < -0.3 is 11.1 Å². The summed E-state index contributed by atoms with van der Waals surface area (Å²) in [5.41, 5.74) is 7.39. The summed E-state index contributed by atoms with van der Waals surface area (Å²) in [5, 5.41) is 16.9. The number of nitrogens with two attached hydrogens (primary N) is 1. The van der Waals surface area contributed by atoms with E-state index in [1.807, 2.05) is 25.1 Å². The lowest BCUT2D eigenvalue weighted by Gasteiger charge is -2.13. The van der Waals surface area contributed by atoms with Crippen LogP contribution in [0, 0.1) is 0 Å². The number of nitrogens with zero attached hydrogens (tertiary/aromatic N) is 3. The molecule has 0 aliphatic carbocycles. The second-order valence-electron chi connectivity index (χ2n) is 3.37. The van der Waals surface area contributed by atoms with Crippen LogP contribution in [-0.2, 0) is 0 Å². The highest BCUT2D eigenvalue weighted by Crippen LogP contribution is 2.25. The van der Waals surface area contributed by atoms with Crippen molar-refractivity contribution in [2.45, 2.75) is 13.0 Å². The van der Waals surface area contributed by atoms with Gasteiger partial charge in [0.15, 0.2) is 5.82 Å². The third kappa shape index (κ3) is 2.30. The average molecular weight is 283 g/mol. The van der Waals surface area contributed by atoms with E-state index in [2.05, 4.69) is 41.9 Å². The summed E-state index contributed by atoms with van der Waals surface area (Å²) >= 11 is 3.35. The summed E-state index contributed by atoms with van der Waals surface area (Å²) < 4.78 is 0.947. The van der Waals surface area contributed by atoms with Crippen LogP contribution in [0.2, 0.25) is 0 Å². The Labute approximate surface area is 101 Å². The van der Waals surface area contributed by atoms with Crippen molar-refractivity contribution >= 4 is 27.3 Å². The molecule has 0 aliphatic heterocycles. The molecule has 84 valence electrons. The number of rotatable bonds is 3. The number of aromatic amines is 1. The van der Waals surface area contributed by atoms with Crippen molar-refractivity contribution in [3.8, 4) is 0 Å². The second-order valence-corrected chi connectivity index (χ2v) is 4.28. The maximum atomic E-state index is 5.87. The minimum Gasteiger partial charge on any atom is -0.397 e. The van der Waals surface area contributed by atoms with Gasteiger partial charge in [0.25, 0.3) is 0 Å². The van der Waals surface area contributed by atoms with Gasteiger partial charge in [-0.25, -0.2) is 0 Å². The van der Waals surface area contributed by atoms with E-state index in [0.29, 0.717) is 11.5 Å². The number of halogens is 1. The lowest BCUT2D eigenvalue weighted by Crippen LogP contribution is -2.10. The minimum atomic E-state index is -0.0535. The number of H-pyrrole nitrogens is 1. The second kappa shape index (κ2) is 4.48. The molecule has 0 aliphatic rings. The molecule has 7 heteroatoms. The van der Waals surface area contributed by atoms with Gasteiger partial charge in [0.2, 0.25) is 0 Å². The van der Waals surface area contributed by atoms with Crippen LogP contribution in [0.15, 0.2) is 22.7 Å². The van der Waals surface area contributed by atoms with Gasteiger partial charge in [0, 0.05) is 4.47 Å². The molecule has 1 heterocycles. The number of hydrogen-bond acceptors (Lipinski definition) is 5. The summed E-state index contributed by atoms with van der Waals surface area (Å²) in [6.45, 7) is 1.94. The predicted octanol–water partition coefficient (Wildman–Crippen LogP) is 1.72. The van der Waals surface area contributed by atoms with Crippen LogP contribution in [-0.4, -0.2) is 20.6 Å². The normalized spacial score (nSPS) is 12.4. The van der Waals surface area contributed by atoms with E-state index in [1.165, 1.54) is 0 Å². The van der Waals surface area contributed by atoms with E-state index in [9.17, 15) is 0 Å². The van der Waals surface area contributed by atoms with Crippen molar-refractivity contribution < 1.29 is 0 Å². The first-order valence-corrected chi connectivity index (χ1v) is 5.51. The van der Waals surface area contributed by atoms with Gasteiger partial charge in [-0.1, -0.05) is 21.1 Å². The molecule has 1 unspecified atom stereocenters. The first-order chi connectivity index (χ1) is 7.66. The van der Waals surface area contributed by atoms with Gasteiger partial charge in [-0.2, -0.15) is 5.21 Å². The Balaban J connectivity index is 2.15. The number of nitrogens with one attached hydrogen (secondary N) is 2. The lowest BCUT2D eigenvalue weighted by atomic mass is 10.2. The summed E-state index contributed by atoms with van der Waals surface area (Å²) in [5.74, 6) is 0.599. The Morgan fingerprint density at radius 2 is 2.31 bits per heavy atom. The molecular weight excluding hydrogens is 272 g/mol. The highest BCUT2D eigenvalue weighted by atomic mass is 79.9. The lowest BCUT2D eigenvalue weighted by molar-refractivity contribution is 0.794. The molecule has 0 bridgehead atoms. The molecule has 1 atom stereocenters. The fraction of sp³-hybridized carbons (Fsp3) is 0.222. The molecule has 2 rings (SSSR count). The Bertz CT molecular complexity index is 469. The highest BCUT2D eigenvalue weighted by molar-refractivity contribution is 9.10. The third-order valence-corrected chi connectivity index (χ3v) is 2.63. The van der Waals surface area contributed by atoms with Crippen LogP contribution in [0.5, 0.6) is 0 Å². The van der Waals surface area contributed by atoms with E-state index < -0.39 is 0 Å². The fourth-order valence-electron chi connectivity index (χ4n) is 1.32. The number of anilines is 2. The van der Waals surface area contributed by atoms with Gasteiger partial charge in [-0.15, -0.1) is 10.2 Å². The monoisotopic (exact) mass is 282 g/mol. The number of tetrazole rings is 1. The topological polar surface area (TPSA) is 92.5 Å². The maximum absolute atomic E-state index is 5.87. The zero-order valence-electron chi connectivity index (χ0n) is 8.61. The molecule has 16 heavy (non-hydrogen) atoms. The molecule has 6 nitrogen and oxygen atoms in total. The average Bonchev–Trinajstić information content (AvgIpc) is 2.75. The number of aromatic nitrogens is 4. The molecule has 0 fully saturated rings. The zero-order valence-corrected chi connectivity index (χ0v) is 10.2. The molecular formula is C9H11BrN6. The van der Waals surface area contributed by atoms with Crippen molar-refractivity contribution in [1.29, 1.82) is 0 Å². The molecule has 4 N–H and O–H groups in total. The van der Waals surface area contributed by atoms with E-state index in [-0.39, 0.29) is 6.04 Å². The first kappa shape index (κ1) is 10.9. The quantitative estimate of drug-likeness (QED) is 0.746. The molecule has 0 spiro atoms. The van der Waals surface area contributed by atoms with Crippen LogP contribution in [0.3, 0.4) is 0 Å². The standard InChI is InChI=1S/C9H11BrN6/c1-5(9-13-15-16-14-9)12-8-3-2-6(10)4-7(8)11/h2-5,12H,11H2,1H3,(H,13,14,15,16). The Morgan fingerprint density at radius 1 is 1.50 bits per heavy atom. The Hall–Kier alpha value is -1.63. The molecule has 2 aromatic rings. The van der Waals surface area contributed by atoms with E-state index >= 15 is 0 Å². The van der Waals surface area contributed by atoms with Crippen molar-refractivity contribution in [2.24, 2.45) is 0 Å². The van der Waals surface area contributed by atoms with Gasteiger partial charge in [0.1, 0.15) is 0 Å². The zero-order chi connectivity index (χ0) is 11.5. The maximum Gasteiger partial charge on any atom is 0.196 e. The highest BCUT2D eigenvalue weighted by Gasteiger charge is 2.11. The van der Waals surface area contributed by atoms with Crippen molar-refractivity contribution in [1.82, 2.24) is 20.6 Å². The largest absolute Gasteiger partial charge is 0.397 e. The predicted molar refractivity (Wildman–Crippen MR) is 64.8 cm³/mol. The number of benzene rings is 1. The molecule has 0 amide bonds. The van der Waals surface area contributed by atoms with Crippen molar-refractivity contribution in [3.63, 3.8) is 0 Å². The number of hydrogen-bond donors (Lipinski definition) is 3. The van der Waals surface area contributed by atoms with Gasteiger partial charge in [0.05, 0.1) is 17.4 Å². The molecule has 0 radical (unpaired) electrons. The summed E-state index contributed by atoms with van der Waals surface area (Å²) in [4.78, 5) is 0. The molecule has 1 aromatic carbocycles. The smallest absolute Gasteiger partial charge is 0.196 e. The first-order valence-electron chi connectivity index (χ1n) is 4.71. The van der Waals surface area contributed by atoms with Gasteiger partial charge in [-0.3, -0.25) is 0 Å². The summed E-state index contributed by atoms with van der Waals surface area (Å²) in [6.07, 6.45) is 0. The SMILES string of the molecule is CC(Nc1ccc(Br)cc1N)c1nn[nH]n1. The molecule has 0 saturated carbocycles. The molecule has 0 saturated heterocycles. The van der Waals surface area contributed by atoms with E-state index in [0.717, 1.165) is 10.2 Å². The van der Waals surface area contributed by atoms with Gasteiger partial charge >= 0.3 is 0 Å². The number of nitrogen functional groups attached to an aromatic ring is 1. The Morgan fingerprint density at radius 3 is 2.94 bits per heavy atom. The van der Waals surface area contributed by atoms with Crippen molar-refractivity contribution in [3.05, 3.63) is 28.5 Å². The van der Waals surface area contributed by atoms with E-state index in [1.54, 1.807) is 0 Å². The van der Waals surface area contributed by atoms with Gasteiger partial charge in [-0.05, 0) is 25.1 Å². The van der Waals surface area contributed by atoms with Crippen LogP contribution < -0.4 is 11.1 Å². The Kier molecular flexibility index (Phi) is 3.04. The third-order valence-electron chi connectivity index (χ3n) is 2.13. The van der Waals surface area contributed by atoms with Crippen LogP contribution in [0.1, 0.15) is 18.8 Å². The minimum absolute atomic E-state index is 0.0535.